The van der Waals surface area contributed by atoms with Crippen molar-refractivity contribution < 1.29 is 13.2 Å². The van der Waals surface area contributed by atoms with Crippen LogP contribution >= 0.6 is 0 Å². The molecule has 1 saturated carbocycles. The van der Waals surface area contributed by atoms with Crippen molar-refractivity contribution in [3.8, 4) is 0 Å². The number of hydrogen-bond donors (Lipinski definition) is 0. The first-order valence-electron chi connectivity index (χ1n) is 5.35. The number of rotatable bonds is 4. The summed E-state index contributed by atoms with van der Waals surface area (Å²) in [4.78, 5) is 2.13. The fraction of sp³-hybridized carbons (Fsp3) is 0.700. The van der Waals surface area contributed by atoms with Crippen molar-refractivity contribution in [1.29, 1.82) is 0 Å². The van der Waals surface area contributed by atoms with Crippen molar-refractivity contribution in [2.24, 2.45) is 0 Å². The number of aromatic nitrogens is 2. The van der Waals surface area contributed by atoms with Crippen molar-refractivity contribution in [2.75, 3.05) is 6.54 Å². The van der Waals surface area contributed by atoms with Gasteiger partial charge in [0.1, 0.15) is 0 Å². The minimum Gasteiger partial charge on any atom is -0.282 e. The third-order valence-electron chi connectivity index (χ3n) is 2.73. The van der Waals surface area contributed by atoms with Crippen LogP contribution < -0.4 is 0 Å². The zero-order valence-electron chi connectivity index (χ0n) is 9.04. The van der Waals surface area contributed by atoms with Gasteiger partial charge in [-0.3, -0.25) is 9.58 Å². The van der Waals surface area contributed by atoms with Crippen LogP contribution in [0, 0.1) is 0 Å². The highest BCUT2D eigenvalue weighted by Gasteiger charge is 2.34. The highest BCUT2D eigenvalue weighted by atomic mass is 19.4. The molecule has 0 spiro atoms. The molecule has 0 radical (unpaired) electrons. The number of halogens is 3. The molecule has 90 valence electrons. The van der Waals surface area contributed by atoms with Gasteiger partial charge in [-0.05, 0) is 25.5 Å². The summed E-state index contributed by atoms with van der Waals surface area (Å²) in [5, 5.41) is 3.53. The van der Waals surface area contributed by atoms with Crippen molar-refractivity contribution >= 4 is 0 Å². The lowest BCUT2D eigenvalue weighted by Crippen LogP contribution is -2.28. The molecule has 16 heavy (non-hydrogen) atoms. The van der Waals surface area contributed by atoms with Gasteiger partial charge in [0.15, 0.2) is 5.69 Å². The average molecular weight is 233 g/mol. The Bertz CT molecular complexity index is 354. The molecule has 0 amide bonds. The van der Waals surface area contributed by atoms with E-state index >= 15 is 0 Å². The molecule has 1 aromatic rings. The summed E-state index contributed by atoms with van der Waals surface area (Å²) < 4.78 is 38.3. The van der Waals surface area contributed by atoms with Crippen LogP contribution in [0.2, 0.25) is 0 Å². The smallest absolute Gasteiger partial charge is 0.282 e. The molecule has 6 heteroatoms. The molecule has 0 aliphatic heterocycles. The Morgan fingerprint density at radius 2 is 2.19 bits per heavy atom. The van der Waals surface area contributed by atoms with E-state index in [1.807, 2.05) is 6.92 Å². The first kappa shape index (κ1) is 11.4. The summed E-state index contributed by atoms with van der Waals surface area (Å²) in [7, 11) is 0. The molecule has 2 rings (SSSR count). The summed E-state index contributed by atoms with van der Waals surface area (Å²) in [6.45, 7) is 3.29. The summed E-state index contributed by atoms with van der Waals surface area (Å²) in [6.07, 6.45) is -0.682. The quantitative estimate of drug-likeness (QED) is 0.796. The van der Waals surface area contributed by atoms with E-state index in [1.165, 1.54) is 10.9 Å². The van der Waals surface area contributed by atoms with Gasteiger partial charge in [-0.2, -0.15) is 18.3 Å². The van der Waals surface area contributed by atoms with E-state index in [0.717, 1.165) is 25.5 Å². The highest BCUT2D eigenvalue weighted by Crippen LogP contribution is 2.29. The van der Waals surface area contributed by atoms with Gasteiger partial charge in [0.05, 0.1) is 6.67 Å². The first-order valence-corrected chi connectivity index (χ1v) is 5.35. The Morgan fingerprint density at radius 3 is 2.62 bits per heavy atom. The third kappa shape index (κ3) is 2.55. The molecule has 1 heterocycles. The standard InChI is InChI=1S/C10H14F3N3/c1-2-15(8-3-4-8)7-16-6-5-9(14-16)10(11,12)13/h5-6,8H,2-4,7H2,1H3. The second-order valence-electron chi connectivity index (χ2n) is 4.02. The van der Waals surface area contributed by atoms with E-state index in [9.17, 15) is 13.2 Å². The predicted molar refractivity (Wildman–Crippen MR) is 52.6 cm³/mol. The molecule has 1 fully saturated rings. The van der Waals surface area contributed by atoms with Crippen LogP contribution in [0.25, 0.3) is 0 Å². The second-order valence-corrected chi connectivity index (χ2v) is 4.02. The third-order valence-corrected chi connectivity index (χ3v) is 2.73. The van der Waals surface area contributed by atoms with Crippen molar-refractivity contribution in [3.05, 3.63) is 18.0 Å². The average Bonchev–Trinajstić information content (AvgIpc) is 2.92. The van der Waals surface area contributed by atoms with E-state index in [-0.39, 0.29) is 0 Å². The number of alkyl halides is 3. The molecular weight excluding hydrogens is 219 g/mol. The Labute approximate surface area is 91.8 Å². The molecule has 1 aliphatic rings. The monoisotopic (exact) mass is 233 g/mol. The minimum absolute atomic E-state index is 0.442. The van der Waals surface area contributed by atoms with Crippen LogP contribution in [0.4, 0.5) is 13.2 Å². The summed E-state index contributed by atoms with van der Waals surface area (Å²) in [5.41, 5.74) is -0.820. The Kier molecular flexibility index (Phi) is 2.92. The Morgan fingerprint density at radius 1 is 1.50 bits per heavy atom. The maximum absolute atomic E-state index is 12.3. The lowest BCUT2D eigenvalue weighted by molar-refractivity contribution is -0.141. The topological polar surface area (TPSA) is 21.1 Å². The van der Waals surface area contributed by atoms with Crippen LogP contribution in [0.3, 0.4) is 0 Å². The van der Waals surface area contributed by atoms with Gasteiger partial charge in [0.25, 0.3) is 0 Å². The van der Waals surface area contributed by atoms with Gasteiger partial charge in [-0.25, -0.2) is 0 Å². The molecular formula is C10H14F3N3. The van der Waals surface area contributed by atoms with Crippen molar-refractivity contribution in [2.45, 2.75) is 38.7 Å². The second kappa shape index (κ2) is 4.08. The SMILES string of the molecule is CCN(Cn1ccc(C(F)(F)F)n1)C1CC1. The predicted octanol–water partition coefficient (Wildman–Crippen LogP) is 2.34. The Hall–Kier alpha value is -1.04. The normalized spacial score (nSPS) is 17.1. The van der Waals surface area contributed by atoms with Crippen LogP contribution in [-0.4, -0.2) is 27.3 Å². The van der Waals surface area contributed by atoms with Crippen LogP contribution in [0.5, 0.6) is 0 Å². The fourth-order valence-corrected chi connectivity index (χ4v) is 1.69. The zero-order valence-corrected chi connectivity index (χ0v) is 9.04. The minimum atomic E-state index is -4.35. The van der Waals surface area contributed by atoms with Crippen molar-refractivity contribution in [3.63, 3.8) is 0 Å². The molecule has 0 aromatic carbocycles. The van der Waals surface area contributed by atoms with E-state index < -0.39 is 11.9 Å². The van der Waals surface area contributed by atoms with Crippen LogP contribution in [0.1, 0.15) is 25.5 Å². The van der Waals surface area contributed by atoms with Gasteiger partial charge >= 0.3 is 6.18 Å². The van der Waals surface area contributed by atoms with E-state index in [0.29, 0.717) is 12.7 Å². The van der Waals surface area contributed by atoms with E-state index in [2.05, 4.69) is 10.00 Å². The Balaban J connectivity index is 2.01. The van der Waals surface area contributed by atoms with E-state index in [1.54, 1.807) is 0 Å². The van der Waals surface area contributed by atoms with Gasteiger partial charge < -0.3 is 0 Å². The summed E-state index contributed by atoms with van der Waals surface area (Å²) >= 11 is 0. The van der Waals surface area contributed by atoms with Gasteiger partial charge in [0, 0.05) is 12.2 Å². The molecule has 0 atom stereocenters. The van der Waals surface area contributed by atoms with Crippen molar-refractivity contribution in [1.82, 2.24) is 14.7 Å². The summed E-state index contributed by atoms with van der Waals surface area (Å²) in [5.74, 6) is 0. The molecule has 0 bridgehead atoms. The van der Waals surface area contributed by atoms with E-state index in [4.69, 9.17) is 0 Å². The molecule has 1 aliphatic carbocycles. The highest BCUT2D eigenvalue weighted by molar-refractivity contribution is 5.03. The molecule has 3 nitrogen and oxygen atoms in total. The zero-order chi connectivity index (χ0) is 11.8. The largest absolute Gasteiger partial charge is 0.435 e. The fourth-order valence-electron chi connectivity index (χ4n) is 1.69. The van der Waals surface area contributed by atoms with Gasteiger partial charge in [-0.1, -0.05) is 6.92 Å². The maximum atomic E-state index is 12.3. The lowest BCUT2D eigenvalue weighted by atomic mass is 10.4. The maximum Gasteiger partial charge on any atom is 0.435 e. The molecule has 1 aromatic heterocycles. The molecule has 0 unspecified atom stereocenters. The number of hydrogen-bond acceptors (Lipinski definition) is 2. The van der Waals surface area contributed by atoms with Gasteiger partial charge in [-0.15, -0.1) is 0 Å². The number of nitrogens with zero attached hydrogens (tertiary/aromatic N) is 3. The molecule has 0 N–H and O–H groups in total. The first-order chi connectivity index (χ1) is 7.50. The lowest BCUT2D eigenvalue weighted by Gasteiger charge is -2.19. The van der Waals surface area contributed by atoms with Crippen LogP contribution in [-0.2, 0) is 12.8 Å². The summed E-state index contributed by atoms with van der Waals surface area (Å²) in [6, 6.07) is 1.55. The van der Waals surface area contributed by atoms with Gasteiger partial charge in [0.2, 0.25) is 0 Å². The molecule has 0 saturated heterocycles. The van der Waals surface area contributed by atoms with Crippen LogP contribution in [0.15, 0.2) is 12.3 Å².